The van der Waals surface area contributed by atoms with E-state index >= 15 is 0 Å². The number of fused-ring (bicyclic) bond motifs is 1. The molecule has 0 radical (unpaired) electrons. The van der Waals surface area contributed by atoms with Crippen molar-refractivity contribution in [2.45, 2.75) is 30.7 Å². The highest BCUT2D eigenvalue weighted by Gasteiger charge is 2.38. The highest BCUT2D eigenvalue weighted by atomic mass is 32.2. The Morgan fingerprint density at radius 2 is 2.14 bits per heavy atom. The maximum atomic E-state index is 13.0. The lowest BCUT2D eigenvalue weighted by atomic mass is 10.2. The SMILES string of the molecule is Cc1cnc2c(S(=O)(=O)N(C)C(CN)C3CC3)cccc2c1. The van der Waals surface area contributed by atoms with Gasteiger partial charge >= 0.3 is 0 Å². The summed E-state index contributed by atoms with van der Waals surface area (Å²) in [5.41, 5.74) is 7.33. The van der Waals surface area contributed by atoms with Crippen LogP contribution in [0.4, 0.5) is 0 Å². The molecule has 0 amide bonds. The van der Waals surface area contributed by atoms with Gasteiger partial charge in [-0.25, -0.2) is 8.42 Å². The molecule has 1 aromatic carbocycles. The van der Waals surface area contributed by atoms with Crippen LogP contribution in [-0.4, -0.2) is 37.3 Å². The summed E-state index contributed by atoms with van der Waals surface area (Å²) in [6.45, 7) is 2.29. The lowest BCUT2D eigenvalue weighted by molar-refractivity contribution is 0.341. The van der Waals surface area contributed by atoms with Crippen molar-refractivity contribution in [2.75, 3.05) is 13.6 Å². The fourth-order valence-electron chi connectivity index (χ4n) is 2.90. The minimum atomic E-state index is -3.60. The molecule has 0 aliphatic heterocycles. The molecule has 1 aliphatic rings. The number of aryl methyl sites for hydroxylation is 1. The second-order valence-electron chi connectivity index (χ2n) is 6.00. The fraction of sp³-hybridized carbons (Fsp3) is 0.438. The van der Waals surface area contributed by atoms with Crippen LogP contribution in [0.15, 0.2) is 35.4 Å². The molecule has 0 saturated heterocycles. The molecule has 22 heavy (non-hydrogen) atoms. The second-order valence-corrected chi connectivity index (χ2v) is 7.97. The van der Waals surface area contributed by atoms with Crippen molar-refractivity contribution in [1.82, 2.24) is 9.29 Å². The Hall–Kier alpha value is -1.50. The topological polar surface area (TPSA) is 76.3 Å². The van der Waals surface area contributed by atoms with E-state index in [1.165, 1.54) is 4.31 Å². The van der Waals surface area contributed by atoms with Gasteiger partial charge in [-0.15, -0.1) is 0 Å². The fourth-order valence-corrected chi connectivity index (χ4v) is 4.49. The number of hydrogen-bond donors (Lipinski definition) is 1. The molecule has 2 aromatic rings. The van der Waals surface area contributed by atoms with E-state index in [1.807, 2.05) is 19.1 Å². The summed E-state index contributed by atoms with van der Waals surface area (Å²) in [6, 6.07) is 7.08. The van der Waals surface area contributed by atoms with E-state index in [0.29, 0.717) is 18.0 Å². The van der Waals surface area contributed by atoms with Crippen LogP contribution in [0.2, 0.25) is 0 Å². The van der Waals surface area contributed by atoms with Crippen molar-refractivity contribution < 1.29 is 8.42 Å². The van der Waals surface area contributed by atoms with Crippen molar-refractivity contribution in [1.29, 1.82) is 0 Å². The summed E-state index contributed by atoms with van der Waals surface area (Å²) >= 11 is 0. The molecule has 1 atom stereocenters. The molecule has 5 nitrogen and oxygen atoms in total. The zero-order chi connectivity index (χ0) is 15.9. The molecule has 0 spiro atoms. The lowest BCUT2D eigenvalue weighted by Gasteiger charge is -2.26. The van der Waals surface area contributed by atoms with E-state index in [1.54, 1.807) is 25.4 Å². The zero-order valence-electron chi connectivity index (χ0n) is 12.9. The van der Waals surface area contributed by atoms with E-state index in [-0.39, 0.29) is 10.9 Å². The van der Waals surface area contributed by atoms with Crippen LogP contribution < -0.4 is 5.73 Å². The van der Waals surface area contributed by atoms with Crippen molar-refractivity contribution in [3.8, 4) is 0 Å². The van der Waals surface area contributed by atoms with E-state index in [2.05, 4.69) is 4.98 Å². The molecule has 1 saturated carbocycles. The van der Waals surface area contributed by atoms with Crippen LogP contribution in [0, 0.1) is 12.8 Å². The lowest BCUT2D eigenvalue weighted by Crippen LogP contribution is -2.43. The van der Waals surface area contributed by atoms with Crippen molar-refractivity contribution in [3.63, 3.8) is 0 Å². The average molecular weight is 319 g/mol. The Morgan fingerprint density at radius 3 is 2.77 bits per heavy atom. The molecule has 0 bridgehead atoms. The minimum Gasteiger partial charge on any atom is -0.329 e. The predicted octanol–water partition coefficient (Wildman–Crippen LogP) is 1.90. The van der Waals surface area contributed by atoms with Crippen LogP contribution in [0.1, 0.15) is 18.4 Å². The first-order valence-electron chi connectivity index (χ1n) is 7.48. The van der Waals surface area contributed by atoms with Gasteiger partial charge in [-0.05, 0) is 43.4 Å². The second kappa shape index (κ2) is 5.61. The Bertz CT molecular complexity index is 800. The van der Waals surface area contributed by atoms with Crippen molar-refractivity contribution >= 4 is 20.9 Å². The molecule has 1 heterocycles. The highest BCUT2D eigenvalue weighted by Crippen LogP contribution is 2.36. The molecule has 1 unspecified atom stereocenters. The Balaban J connectivity index is 2.08. The number of pyridine rings is 1. The molecule has 6 heteroatoms. The van der Waals surface area contributed by atoms with Gasteiger partial charge in [0.2, 0.25) is 10.0 Å². The number of aromatic nitrogens is 1. The Labute approximate surface area is 131 Å². The third kappa shape index (κ3) is 2.62. The number of sulfonamides is 1. The normalized spacial score (nSPS) is 17.1. The van der Waals surface area contributed by atoms with Gasteiger partial charge in [0.15, 0.2) is 0 Å². The molecule has 118 valence electrons. The summed E-state index contributed by atoms with van der Waals surface area (Å²) in [7, 11) is -1.98. The smallest absolute Gasteiger partial charge is 0.245 e. The van der Waals surface area contributed by atoms with Crippen molar-refractivity contribution in [3.05, 3.63) is 36.0 Å². The third-order valence-corrected chi connectivity index (χ3v) is 6.26. The van der Waals surface area contributed by atoms with Gasteiger partial charge in [-0.3, -0.25) is 4.98 Å². The molecule has 2 N–H and O–H groups in total. The predicted molar refractivity (Wildman–Crippen MR) is 87.0 cm³/mol. The number of likely N-dealkylation sites (N-methyl/N-ethyl adjacent to an activating group) is 1. The van der Waals surface area contributed by atoms with Crippen LogP contribution in [-0.2, 0) is 10.0 Å². The van der Waals surface area contributed by atoms with Crippen molar-refractivity contribution in [2.24, 2.45) is 11.7 Å². The van der Waals surface area contributed by atoms with Gasteiger partial charge < -0.3 is 5.73 Å². The summed E-state index contributed by atoms with van der Waals surface area (Å²) in [6.07, 6.45) is 3.80. The van der Waals surface area contributed by atoms with Gasteiger partial charge in [0.25, 0.3) is 0 Å². The van der Waals surface area contributed by atoms with E-state index in [0.717, 1.165) is 23.8 Å². The largest absolute Gasteiger partial charge is 0.329 e. The van der Waals surface area contributed by atoms with Gasteiger partial charge in [0, 0.05) is 31.2 Å². The van der Waals surface area contributed by atoms with Crippen LogP contribution in [0.25, 0.3) is 10.9 Å². The number of para-hydroxylation sites is 1. The van der Waals surface area contributed by atoms with Gasteiger partial charge in [-0.1, -0.05) is 12.1 Å². The number of hydrogen-bond acceptors (Lipinski definition) is 4. The summed E-state index contributed by atoms with van der Waals surface area (Å²) in [5.74, 6) is 0.384. The molecule has 1 aromatic heterocycles. The van der Waals surface area contributed by atoms with Gasteiger partial charge in [0.1, 0.15) is 4.90 Å². The maximum absolute atomic E-state index is 13.0. The minimum absolute atomic E-state index is 0.134. The van der Waals surface area contributed by atoms with Crippen LogP contribution >= 0.6 is 0 Å². The Kier molecular flexibility index (Phi) is 3.92. The van der Waals surface area contributed by atoms with E-state index in [4.69, 9.17) is 5.73 Å². The maximum Gasteiger partial charge on any atom is 0.245 e. The van der Waals surface area contributed by atoms with Gasteiger partial charge in [-0.2, -0.15) is 4.31 Å². The van der Waals surface area contributed by atoms with Crippen LogP contribution in [0.3, 0.4) is 0 Å². The Morgan fingerprint density at radius 1 is 1.41 bits per heavy atom. The first-order chi connectivity index (χ1) is 10.4. The third-order valence-electron chi connectivity index (χ3n) is 4.34. The highest BCUT2D eigenvalue weighted by molar-refractivity contribution is 7.89. The molecule has 3 rings (SSSR count). The van der Waals surface area contributed by atoms with Crippen LogP contribution in [0.5, 0.6) is 0 Å². The molecular formula is C16H21N3O2S. The average Bonchev–Trinajstić information content (AvgIpc) is 3.31. The number of benzene rings is 1. The standard InChI is InChI=1S/C16H21N3O2S/c1-11-8-13-4-3-5-15(16(13)18-10-11)22(20,21)19(2)14(9-17)12-6-7-12/h3-5,8,10,12,14H,6-7,9,17H2,1-2H3. The first kappa shape index (κ1) is 15.4. The van der Waals surface area contributed by atoms with E-state index < -0.39 is 10.0 Å². The number of rotatable bonds is 5. The molecule has 1 fully saturated rings. The monoisotopic (exact) mass is 319 g/mol. The summed E-state index contributed by atoms with van der Waals surface area (Å²) in [5, 5.41) is 0.838. The van der Waals surface area contributed by atoms with E-state index in [9.17, 15) is 8.42 Å². The number of nitrogens with two attached hydrogens (primary N) is 1. The van der Waals surface area contributed by atoms with Gasteiger partial charge in [0.05, 0.1) is 5.52 Å². The number of nitrogens with zero attached hydrogens (tertiary/aromatic N) is 2. The first-order valence-corrected chi connectivity index (χ1v) is 8.92. The zero-order valence-corrected chi connectivity index (χ0v) is 13.7. The summed E-state index contributed by atoms with van der Waals surface area (Å²) < 4.78 is 27.4. The quantitative estimate of drug-likeness (QED) is 0.913. The molecular weight excluding hydrogens is 298 g/mol. The molecule has 1 aliphatic carbocycles. The summed E-state index contributed by atoms with van der Waals surface area (Å²) in [4.78, 5) is 4.59.